The van der Waals surface area contributed by atoms with Crippen molar-refractivity contribution in [3.8, 4) is 23.0 Å². The smallest absolute Gasteiger partial charge is 0.249 e. The molecule has 4 aromatic rings. The van der Waals surface area contributed by atoms with Crippen LogP contribution in [0.1, 0.15) is 21.6 Å². The quantitative estimate of drug-likeness (QED) is 0.237. The van der Waals surface area contributed by atoms with Gasteiger partial charge in [-0.25, -0.2) is 9.07 Å². The van der Waals surface area contributed by atoms with E-state index in [0.717, 1.165) is 16.8 Å². The summed E-state index contributed by atoms with van der Waals surface area (Å²) in [6.45, 7) is 0. The van der Waals surface area contributed by atoms with Crippen LogP contribution >= 0.6 is 0 Å². The summed E-state index contributed by atoms with van der Waals surface area (Å²) < 4.78 is 14.8. The molecule has 0 saturated heterocycles. The van der Waals surface area contributed by atoms with Crippen LogP contribution in [0, 0.1) is 23.1 Å². The van der Waals surface area contributed by atoms with Gasteiger partial charge in [0.05, 0.1) is 17.5 Å². The zero-order valence-electron chi connectivity index (χ0n) is 17.8. The standard InChI is InChI=1S/C26H18FN5O2/c27-15-9-11-16(12-10-15)30-26(34)21(14-28)25(33)23-20-13-19-18(7-4-8-22(19)29)24(20)32(31-23)17-5-2-1-3-6-17/h1-12,21H,13,29H2,(H,30,34). The molecule has 1 heterocycles. The zero-order chi connectivity index (χ0) is 23.8. The fourth-order valence-corrected chi connectivity index (χ4v) is 4.17. The second-order valence-corrected chi connectivity index (χ2v) is 7.90. The minimum atomic E-state index is -1.63. The summed E-state index contributed by atoms with van der Waals surface area (Å²) >= 11 is 0. The van der Waals surface area contributed by atoms with Crippen LogP contribution in [0.5, 0.6) is 0 Å². The van der Waals surface area contributed by atoms with Gasteiger partial charge >= 0.3 is 0 Å². The second kappa shape index (κ2) is 8.30. The first-order valence-corrected chi connectivity index (χ1v) is 10.5. The Bertz CT molecular complexity index is 1470. The molecule has 0 radical (unpaired) electrons. The highest BCUT2D eigenvalue weighted by molar-refractivity contribution is 6.16. The molecule has 0 fully saturated rings. The first-order chi connectivity index (χ1) is 16.5. The number of rotatable bonds is 5. The molecule has 0 aliphatic heterocycles. The van der Waals surface area contributed by atoms with Crippen molar-refractivity contribution < 1.29 is 14.0 Å². The molecule has 1 amide bonds. The van der Waals surface area contributed by atoms with Gasteiger partial charge in [-0.3, -0.25) is 9.59 Å². The number of nitrogens with two attached hydrogens (primary N) is 1. The van der Waals surface area contributed by atoms with Crippen molar-refractivity contribution >= 4 is 23.1 Å². The van der Waals surface area contributed by atoms with Crippen molar-refractivity contribution in [2.45, 2.75) is 6.42 Å². The van der Waals surface area contributed by atoms with E-state index in [-0.39, 0.29) is 11.4 Å². The fraction of sp³-hybridized carbons (Fsp3) is 0.0769. The van der Waals surface area contributed by atoms with Crippen LogP contribution in [0.25, 0.3) is 16.9 Å². The van der Waals surface area contributed by atoms with Crippen LogP contribution < -0.4 is 11.1 Å². The average Bonchev–Trinajstić information content (AvgIpc) is 3.40. The number of carbonyl (C=O) groups is 2. The summed E-state index contributed by atoms with van der Waals surface area (Å²) in [5.74, 6) is -3.61. The topological polar surface area (TPSA) is 114 Å². The van der Waals surface area contributed by atoms with Crippen LogP contribution in [0.2, 0.25) is 0 Å². The van der Waals surface area contributed by atoms with E-state index in [1.54, 1.807) is 16.8 Å². The van der Waals surface area contributed by atoms with E-state index < -0.39 is 23.4 Å². The van der Waals surface area contributed by atoms with Crippen molar-refractivity contribution in [3.63, 3.8) is 0 Å². The van der Waals surface area contributed by atoms with E-state index in [9.17, 15) is 19.2 Å². The summed E-state index contributed by atoms with van der Waals surface area (Å²) in [6, 6.07) is 21.7. The molecule has 3 N–H and O–H groups in total. The lowest BCUT2D eigenvalue weighted by molar-refractivity contribution is -0.117. The van der Waals surface area contributed by atoms with Crippen LogP contribution in [-0.2, 0) is 11.2 Å². The molecule has 3 aromatic carbocycles. The number of carbonyl (C=O) groups excluding carboxylic acids is 2. The molecule has 0 saturated carbocycles. The predicted molar refractivity (Wildman–Crippen MR) is 125 cm³/mol. The van der Waals surface area contributed by atoms with E-state index in [0.29, 0.717) is 23.4 Å². The van der Waals surface area contributed by atoms with Gasteiger partial charge in [-0.2, -0.15) is 10.4 Å². The summed E-state index contributed by atoms with van der Waals surface area (Å²) in [5, 5.41) is 16.7. The monoisotopic (exact) mass is 451 g/mol. The van der Waals surface area contributed by atoms with Crippen molar-refractivity contribution in [2.24, 2.45) is 5.92 Å². The molecule has 0 bridgehead atoms. The lowest BCUT2D eigenvalue weighted by Gasteiger charge is -2.10. The number of anilines is 2. The van der Waals surface area contributed by atoms with Crippen LogP contribution in [0.4, 0.5) is 15.8 Å². The summed E-state index contributed by atoms with van der Waals surface area (Å²) in [5.41, 5.74) is 10.9. The van der Waals surface area contributed by atoms with Gasteiger partial charge in [0.15, 0.2) is 5.92 Å². The van der Waals surface area contributed by atoms with Crippen LogP contribution in [0.3, 0.4) is 0 Å². The number of para-hydroxylation sites is 1. The Morgan fingerprint density at radius 1 is 1.03 bits per heavy atom. The van der Waals surface area contributed by atoms with Crippen molar-refractivity contribution in [1.29, 1.82) is 5.26 Å². The minimum absolute atomic E-state index is 0.0512. The van der Waals surface area contributed by atoms with Crippen molar-refractivity contribution in [2.75, 3.05) is 11.1 Å². The van der Waals surface area contributed by atoms with E-state index in [1.807, 2.05) is 42.5 Å². The molecule has 34 heavy (non-hydrogen) atoms. The van der Waals surface area contributed by atoms with E-state index >= 15 is 0 Å². The van der Waals surface area contributed by atoms with Gasteiger partial charge < -0.3 is 11.1 Å². The Hall–Kier alpha value is -4.77. The third kappa shape index (κ3) is 3.49. The minimum Gasteiger partial charge on any atom is -0.398 e. The number of aromatic nitrogens is 2. The van der Waals surface area contributed by atoms with Gasteiger partial charge in [-0.1, -0.05) is 30.3 Å². The number of benzene rings is 3. The number of Topliss-reactive ketones (excluding diaryl/α,β-unsaturated/α-hetero) is 1. The van der Waals surface area contributed by atoms with Gasteiger partial charge in [0.25, 0.3) is 0 Å². The number of nitrogen functional groups attached to an aromatic ring is 1. The highest BCUT2D eigenvalue weighted by Gasteiger charge is 2.37. The molecule has 166 valence electrons. The third-order valence-corrected chi connectivity index (χ3v) is 5.80. The van der Waals surface area contributed by atoms with Crippen molar-refractivity contribution in [1.82, 2.24) is 9.78 Å². The number of nitrogens with zero attached hydrogens (tertiary/aromatic N) is 3. The third-order valence-electron chi connectivity index (χ3n) is 5.80. The SMILES string of the molecule is N#CC(C(=O)Nc1ccc(F)cc1)C(=O)c1nn(-c2ccccc2)c2c1Cc1c(N)cccc1-2. The number of nitriles is 1. The van der Waals surface area contributed by atoms with Crippen molar-refractivity contribution in [3.05, 3.63) is 95.4 Å². The number of fused-ring (bicyclic) bond motifs is 3. The molecule has 7 nitrogen and oxygen atoms in total. The maximum absolute atomic E-state index is 13.5. The van der Waals surface area contributed by atoms with Gasteiger partial charge in [0.1, 0.15) is 11.5 Å². The molecular weight excluding hydrogens is 433 g/mol. The molecular formula is C26H18FN5O2. The van der Waals surface area contributed by atoms with Gasteiger partial charge in [-0.15, -0.1) is 0 Å². The Balaban J connectivity index is 1.56. The number of amides is 1. The maximum Gasteiger partial charge on any atom is 0.249 e. The number of ketones is 1. The second-order valence-electron chi connectivity index (χ2n) is 7.90. The highest BCUT2D eigenvalue weighted by atomic mass is 19.1. The van der Waals surface area contributed by atoms with Gasteiger partial charge in [0, 0.05) is 28.9 Å². The molecule has 1 aliphatic carbocycles. The largest absolute Gasteiger partial charge is 0.398 e. The highest BCUT2D eigenvalue weighted by Crippen LogP contribution is 2.42. The van der Waals surface area contributed by atoms with Crippen LogP contribution in [0.15, 0.2) is 72.8 Å². The lowest BCUT2D eigenvalue weighted by atomic mass is 9.98. The molecule has 1 unspecified atom stereocenters. The molecule has 5 rings (SSSR count). The van der Waals surface area contributed by atoms with E-state index in [1.165, 1.54) is 24.3 Å². The molecule has 1 aromatic heterocycles. The Morgan fingerprint density at radius 3 is 2.47 bits per heavy atom. The van der Waals surface area contributed by atoms with Crippen LogP contribution in [-0.4, -0.2) is 21.5 Å². The lowest BCUT2D eigenvalue weighted by Crippen LogP contribution is -2.29. The summed E-state index contributed by atoms with van der Waals surface area (Å²) in [7, 11) is 0. The summed E-state index contributed by atoms with van der Waals surface area (Å²) in [4.78, 5) is 26.2. The van der Waals surface area contributed by atoms with Gasteiger partial charge in [0.2, 0.25) is 11.7 Å². The molecule has 1 aliphatic rings. The first-order valence-electron chi connectivity index (χ1n) is 10.5. The predicted octanol–water partition coefficient (Wildman–Crippen LogP) is 4.13. The molecule has 8 heteroatoms. The maximum atomic E-state index is 13.5. The summed E-state index contributed by atoms with van der Waals surface area (Å²) in [6.07, 6.45) is 0.364. The average molecular weight is 451 g/mol. The zero-order valence-corrected chi connectivity index (χ0v) is 17.8. The Kier molecular flexibility index (Phi) is 5.15. The number of hydrogen-bond acceptors (Lipinski definition) is 5. The van der Waals surface area contributed by atoms with E-state index in [2.05, 4.69) is 10.4 Å². The number of hydrogen-bond donors (Lipinski definition) is 2. The van der Waals surface area contributed by atoms with Gasteiger partial charge in [-0.05, 0) is 48.0 Å². The fourth-order valence-electron chi connectivity index (χ4n) is 4.17. The number of nitrogens with one attached hydrogen (secondary N) is 1. The first kappa shape index (κ1) is 21.1. The molecule has 1 atom stereocenters. The molecule has 0 spiro atoms. The Labute approximate surface area is 194 Å². The normalized spacial score (nSPS) is 12.4. The number of halogens is 1. The van der Waals surface area contributed by atoms with E-state index in [4.69, 9.17) is 5.73 Å². The Morgan fingerprint density at radius 2 is 1.76 bits per heavy atom.